The number of aryl methyl sites for hydroxylation is 1. The van der Waals surface area contributed by atoms with Gasteiger partial charge >= 0.3 is 0 Å². The van der Waals surface area contributed by atoms with Gasteiger partial charge in [0.25, 0.3) is 0 Å². The number of carbonyl (C=O) groups is 2. The molecule has 2 aliphatic heterocycles. The molecule has 1 aromatic carbocycles. The number of benzene rings is 1. The molecule has 2 amide bonds. The summed E-state index contributed by atoms with van der Waals surface area (Å²) in [5.41, 5.74) is 1.09. The first-order valence-corrected chi connectivity index (χ1v) is 7.14. The van der Waals surface area contributed by atoms with Gasteiger partial charge in [0.2, 0.25) is 11.8 Å². The lowest BCUT2D eigenvalue weighted by Crippen LogP contribution is -2.64. The number of hydrogen-bond acceptors (Lipinski definition) is 4. The summed E-state index contributed by atoms with van der Waals surface area (Å²) in [6, 6.07) is 7.39. The molecule has 2 heterocycles. The Labute approximate surface area is 123 Å². The van der Waals surface area contributed by atoms with E-state index in [4.69, 9.17) is 4.74 Å². The molecule has 0 aliphatic carbocycles. The van der Waals surface area contributed by atoms with Gasteiger partial charge in [-0.3, -0.25) is 9.59 Å². The van der Waals surface area contributed by atoms with Crippen LogP contribution in [0.4, 0.5) is 0 Å². The van der Waals surface area contributed by atoms with Crippen LogP contribution in [0.3, 0.4) is 0 Å². The van der Waals surface area contributed by atoms with Crippen LogP contribution >= 0.6 is 0 Å². The largest absolute Gasteiger partial charge is 0.486 e. The first kappa shape index (κ1) is 13.9. The molecule has 1 atom stereocenters. The summed E-state index contributed by atoms with van der Waals surface area (Å²) in [5.74, 6) is 0.690. The average Bonchev–Trinajstić information content (AvgIpc) is 2.43. The van der Waals surface area contributed by atoms with Crippen molar-refractivity contribution in [3.63, 3.8) is 0 Å². The van der Waals surface area contributed by atoms with E-state index < -0.39 is 6.04 Å². The zero-order chi connectivity index (χ0) is 14.8. The van der Waals surface area contributed by atoms with Crippen molar-refractivity contribution in [2.24, 2.45) is 0 Å². The van der Waals surface area contributed by atoms with Gasteiger partial charge in [-0.25, -0.2) is 0 Å². The van der Waals surface area contributed by atoms with Gasteiger partial charge in [0.05, 0.1) is 19.6 Å². The van der Waals surface area contributed by atoms with Gasteiger partial charge in [0, 0.05) is 6.54 Å². The lowest BCUT2D eigenvalue weighted by atomic mass is 10.1. The summed E-state index contributed by atoms with van der Waals surface area (Å²) in [4.78, 5) is 25.2. The third kappa shape index (κ3) is 3.00. The van der Waals surface area contributed by atoms with E-state index in [1.54, 1.807) is 4.90 Å². The molecule has 112 valence electrons. The third-order valence-corrected chi connectivity index (χ3v) is 3.81. The van der Waals surface area contributed by atoms with Crippen LogP contribution in [0.15, 0.2) is 24.3 Å². The molecule has 21 heavy (non-hydrogen) atoms. The summed E-state index contributed by atoms with van der Waals surface area (Å²) < 4.78 is 5.87. The maximum Gasteiger partial charge on any atom is 0.246 e. The molecular weight excluding hydrogens is 270 g/mol. The minimum atomic E-state index is -0.453. The second kappa shape index (κ2) is 5.73. The van der Waals surface area contributed by atoms with Crippen molar-refractivity contribution in [3.8, 4) is 5.75 Å². The topological polar surface area (TPSA) is 70.7 Å². The van der Waals surface area contributed by atoms with Crippen molar-refractivity contribution in [3.05, 3.63) is 29.8 Å². The highest BCUT2D eigenvalue weighted by atomic mass is 16.5. The molecule has 0 radical (unpaired) electrons. The maximum absolute atomic E-state index is 12.2. The summed E-state index contributed by atoms with van der Waals surface area (Å²) in [6.45, 7) is 3.91. The Morgan fingerprint density at radius 3 is 2.81 bits per heavy atom. The molecule has 0 aromatic heterocycles. The van der Waals surface area contributed by atoms with E-state index in [9.17, 15) is 9.59 Å². The molecule has 0 spiro atoms. The van der Waals surface area contributed by atoms with Crippen LogP contribution < -0.4 is 15.4 Å². The Bertz CT molecular complexity index is 555. The first-order chi connectivity index (χ1) is 10.1. The fourth-order valence-electron chi connectivity index (χ4n) is 2.56. The molecule has 6 heteroatoms. The van der Waals surface area contributed by atoms with Crippen LogP contribution in [0, 0.1) is 6.92 Å². The molecule has 2 N–H and O–H groups in total. The van der Waals surface area contributed by atoms with Gasteiger partial charge < -0.3 is 20.3 Å². The van der Waals surface area contributed by atoms with Gasteiger partial charge in [0.15, 0.2) is 0 Å². The summed E-state index contributed by atoms with van der Waals surface area (Å²) in [5, 5.41) is 5.64. The van der Waals surface area contributed by atoms with Crippen molar-refractivity contribution >= 4 is 11.8 Å². The van der Waals surface area contributed by atoms with Crippen LogP contribution in [0.5, 0.6) is 5.75 Å². The standard InChI is InChI=1S/C15H19N3O3/c1-10-4-2-3-5-13(10)21-11-8-18(9-11)15(20)12-6-16-7-14(19)17-12/h2-5,11-12,16H,6-9H2,1H3,(H,17,19). The Hall–Kier alpha value is -2.08. The fraction of sp³-hybridized carbons (Fsp3) is 0.467. The van der Waals surface area contributed by atoms with Crippen molar-refractivity contribution in [2.75, 3.05) is 26.2 Å². The zero-order valence-electron chi connectivity index (χ0n) is 12.0. The number of hydrogen-bond donors (Lipinski definition) is 2. The summed E-state index contributed by atoms with van der Waals surface area (Å²) >= 11 is 0. The number of piperazine rings is 1. The number of ether oxygens (including phenoxy) is 1. The quantitative estimate of drug-likeness (QED) is 0.799. The number of para-hydroxylation sites is 1. The van der Waals surface area contributed by atoms with Crippen molar-refractivity contribution in [1.82, 2.24) is 15.5 Å². The van der Waals surface area contributed by atoms with Gasteiger partial charge in [-0.2, -0.15) is 0 Å². The number of carbonyl (C=O) groups excluding carboxylic acids is 2. The predicted octanol–water partition coefficient (Wildman–Crippen LogP) is -0.327. The number of amides is 2. The smallest absolute Gasteiger partial charge is 0.246 e. The van der Waals surface area contributed by atoms with Gasteiger partial charge in [-0.1, -0.05) is 18.2 Å². The highest BCUT2D eigenvalue weighted by Gasteiger charge is 2.37. The lowest BCUT2D eigenvalue weighted by Gasteiger charge is -2.41. The SMILES string of the molecule is Cc1ccccc1OC1CN(C(=O)C2CNCC(=O)N2)C1. The Kier molecular flexibility index (Phi) is 3.79. The number of nitrogens with one attached hydrogen (secondary N) is 2. The number of likely N-dealkylation sites (tertiary alicyclic amines) is 1. The first-order valence-electron chi connectivity index (χ1n) is 7.14. The molecule has 1 unspecified atom stereocenters. The Balaban J connectivity index is 1.50. The minimum Gasteiger partial charge on any atom is -0.486 e. The van der Waals surface area contributed by atoms with E-state index in [0.29, 0.717) is 19.6 Å². The van der Waals surface area contributed by atoms with E-state index in [-0.39, 0.29) is 24.5 Å². The zero-order valence-corrected chi connectivity index (χ0v) is 12.0. The van der Waals surface area contributed by atoms with Crippen molar-refractivity contribution < 1.29 is 14.3 Å². The van der Waals surface area contributed by atoms with E-state index in [0.717, 1.165) is 11.3 Å². The van der Waals surface area contributed by atoms with Crippen LogP contribution in [-0.4, -0.2) is 55.0 Å². The molecule has 3 rings (SSSR count). The fourth-order valence-corrected chi connectivity index (χ4v) is 2.56. The van der Waals surface area contributed by atoms with Crippen molar-refractivity contribution in [1.29, 1.82) is 0 Å². The second-order valence-electron chi connectivity index (χ2n) is 5.50. The summed E-state index contributed by atoms with van der Waals surface area (Å²) in [6.07, 6.45) is 0.0299. The minimum absolute atomic E-state index is 0.0299. The second-order valence-corrected chi connectivity index (χ2v) is 5.50. The molecule has 0 saturated carbocycles. The lowest BCUT2D eigenvalue weighted by molar-refractivity contribution is -0.144. The monoisotopic (exact) mass is 289 g/mol. The molecule has 2 fully saturated rings. The van der Waals surface area contributed by atoms with E-state index >= 15 is 0 Å². The van der Waals surface area contributed by atoms with Gasteiger partial charge in [-0.15, -0.1) is 0 Å². The number of nitrogens with zero attached hydrogens (tertiary/aromatic N) is 1. The van der Waals surface area contributed by atoms with E-state index in [1.165, 1.54) is 0 Å². The molecule has 6 nitrogen and oxygen atoms in total. The van der Waals surface area contributed by atoms with Crippen LogP contribution in [0.2, 0.25) is 0 Å². The normalized spacial score (nSPS) is 22.4. The van der Waals surface area contributed by atoms with Gasteiger partial charge in [0.1, 0.15) is 17.9 Å². The van der Waals surface area contributed by atoms with Gasteiger partial charge in [-0.05, 0) is 18.6 Å². The Morgan fingerprint density at radius 2 is 2.10 bits per heavy atom. The Morgan fingerprint density at radius 1 is 1.33 bits per heavy atom. The van der Waals surface area contributed by atoms with E-state index in [2.05, 4.69) is 10.6 Å². The van der Waals surface area contributed by atoms with E-state index in [1.807, 2.05) is 31.2 Å². The molecule has 2 saturated heterocycles. The molecule has 1 aromatic rings. The summed E-state index contributed by atoms with van der Waals surface area (Å²) in [7, 11) is 0. The van der Waals surface area contributed by atoms with Crippen molar-refractivity contribution in [2.45, 2.75) is 19.1 Å². The number of rotatable bonds is 3. The highest BCUT2D eigenvalue weighted by Crippen LogP contribution is 2.22. The molecule has 2 aliphatic rings. The van der Waals surface area contributed by atoms with Crippen LogP contribution in [0.25, 0.3) is 0 Å². The van der Waals surface area contributed by atoms with Crippen LogP contribution in [0.1, 0.15) is 5.56 Å². The molecular formula is C15H19N3O3. The predicted molar refractivity (Wildman–Crippen MR) is 77.0 cm³/mol. The third-order valence-electron chi connectivity index (χ3n) is 3.81. The van der Waals surface area contributed by atoms with Crippen LogP contribution in [-0.2, 0) is 9.59 Å². The highest BCUT2D eigenvalue weighted by molar-refractivity contribution is 5.90. The maximum atomic E-state index is 12.2. The molecule has 0 bridgehead atoms. The average molecular weight is 289 g/mol.